The maximum absolute atomic E-state index is 11.4. The first kappa shape index (κ1) is 12.7. The fraction of sp³-hybridized carbons (Fsp3) is 0.455. The number of carbonyl (C=O) groups excluding carboxylic acids is 2. The van der Waals surface area contributed by atoms with Gasteiger partial charge in [0.15, 0.2) is 0 Å². The Kier molecular flexibility index (Phi) is 5.56. The van der Waals surface area contributed by atoms with Crippen LogP contribution in [0.3, 0.4) is 0 Å². The van der Waals surface area contributed by atoms with Crippen molar-refractivity contribution in [3.63, 3.8) is 0 Å². The van der Waals surface area contributed by atoms with E-state index in [4.69, 9.17) is 4.74 Å². The third kappa shape index (κ3) is 4.93. The summed E-state index contributed by atoms with van der Waals surface area (Å²) in [6, 6.07) is 3.82. The molecule has 0 aliphatic rings. The van der Waals surface area contributed by atoms with Crippen LogP contribution >= 0.6 is 11.3 Å². The SMILES string of the molecule is CCOC(=O)CCNC(=O)Cc1cccs1. The second-order valence-electron chi connectivity index (χ2n) is 3.16. The van der Waals surface area contributed by atoms with E-state index in [0.29, 0.717) is 19.6 Å². The van der Waals surface area contributed by atoms with Gasteiger partial charge in [-0.1, -0.05) is 6.07 Å². The Hall–Kier alpha value is -1.36. The highest BCUT2D eigenvalue weighted by Crippen LogP contribution is 2.08. The van der Waals surface area contributed by atoms with Crippen LogP contribution in [-0.4, -0.2) is 25.0 Å². The average molecular weight is 241 g/mol. The van der Waals surface area contributed by atoms with Gasteiger partial charge in [0.2, 0.25) is 5.91 Å². The van der Waals surface area contributed by atoms with Crippen LogP contribution in [0.1, 0.15) is 18.2 Å². The van der Waals surface area contributed by atoms with E-state index < -0.39 is 0 Å². The normalized spacial score (nSPS) is 9.81. The molecule has 4 nitrogen and oxygen atoms in total. The predicted octanol–water partition coefficient (Wildman–Crippen LogP) is 1.36. The van der Waals surface area contributed by atoms with E-state index >= 15 is 0 Å². The predicted molar refractivity (Wildman–Crippen MR) is 62.3 cm³/mol. The van der Waals surface area contributed by atoms with E-state index in [2.05, 4.69) is 5.32 Å². The van der Waals surface area contributed by atoms with E-state index in [-0.39, 0.29) is 18.3 Å². The molecule has 1 amide bonds. The molecule has 1 rings (SSSR count). The molecule has 1 aromatic rings. The van der Waals surface area contributed by atoms with Gasteiger partial charge in [0.1, 0.15) is 0 Å². The average Bonchev–Trinajstić information content (AvgIpc) is 2.70. The van der Waals surface area contributed by atoms with Gasteiger partial charge in [-0.05, 0) is 18.4 Å². The van der Waals surface area contributed by atoms with Crippen molar-refractivity contribution in [1.29, 1.82) is 0 Å². The molecular weight excluding hydrogens is 226 g/mol. The van der Waals surface area contributed by atoms with Gasteiger partial charge < -0.3 is 10.1 Å². The molecule has 1 N–H and O–H groups in total. The standard InChI is InChI=1S/C11H15NO3S/c1-2-15-11(14)5-6-12-10(13)8-9-4-3-7-16-9/h3-4,7H,2,5-6,8H2,1H3,(H,12,13). The third-order valence-corrected chi connectivity index (χ3v) is 2.75. The maximum atomic E-state index is 11.4. The number of hydrogen-bond donors (Lipinski definition) is 1. The monoisotopic (exact) mass is 241 g/mol. The number of hydrogen-bond acceptors (Lipinski definition) is 4. The molecular formula is C11H15NO3S. The Morgan fingerprint density at radius 1 is 1.50 bits per heavy atom. The molecule has 16 heavy (non-hydrogen) atoms. The fourth-order valence-electron chi connectivity index (χ4n) is 1.17. The van der Waals surface area contributed by atoms with Gasteiger partial charge in [-0.15, -0.1) is 11.3 Å². The Labute approximate surface area is 98.6 Å². The van der Waals surface area contributed by atoms with Crippen LogP contribution in [0.2, 0.25) is 0 Å². The number of thiophene rings is 1. The van der Waals surface area contributed by atoms with Gasteiger partial charge in [0, 0.05) is 11.4 Å². The lowest BCUT2D eigenvalue weighted by Gasteiger charge is -2.04. The fourth-order valence-corrected chi connectivity index (χ4v) is 1.87. The summed E-state index contributed by atoms with van der Waals surface area (Å²) < 4.78 is 4.74. The van der Waals surface area contributed by atoms with Crippen LogP contribution in [0.4, 0.5) is 0 Å². The van der Waals surface area contributed by atoms with E-state index in [1.54, 1.807) is 18.3 Å². The van der Waals surface area contributed by atoms with E-state index in [0.717, 1.165) is 4.88 Å². The number of ether oxygens (including phenoxy) is 1. The lowest BCUT2D eigenvalue weighted by molar-refractivity contribution is -0.143. The summed E-state index contributed by atoms with van der Waals surface area (Å²) in [7, 11) is 0. The summed E-state index contributed by atoms with van der Waals surface area (Å²) in [5, 5.41) is 4.61. The second kappa shape index (κ2) is 7.00. The van der Waals surface area contributed by atoms with Gasteiger partial charge in [-0.2, -0.15) is 0 Å². The van der Waals surface area contributed by atoms with Crippen LogP contribution in [0.5, 0.6) is 0 Å². The topological polar surface area (TPSA) is 55.4 Å². The van der Waals surface area contributed by atoms with Crippen LogP contribution in [0.25, 0.3) is 0 Å². The summed E-state index contributed by atoms with van der Waals surface area (Å²) >= 11 is 1.55. The van der Waals surface area contributed by atoms with E-state index in [9.17, 15) is 9.59 Å². The largest absolute Gasteiger partial charge is 0.466 e. The first-order chi connectivity index (χ1) is 7.72. The lowest BCUT2D eigenvalue weighted by Crippen LogP contribution is -2.27. The molecule has 1 aromatic heterocycles. The van der Waals surface area contributed by atoms with Crippen molar-refractivity contribution in [3.05, 3.63) is 22.4 Å². The maximum Gasteiger partial charge on any atom is 0.307 e. The molecule has 1 heterocycles. The summed E-state index contributed by atoms with van der Waals surface area (Å²) in [5.74, 6) is -0.342. The lowest BCUT2D eigenvalue weighted by atomic mass is 10.3. The zero-order valence-electron chi connectivity index (χ0n) is 9.19. The minimum absolute atomic E-state index is 0.0632. The van der Waals surface area contributed by atoms with Gasteiger partial charge in [0.25, 0.3) is 0 Å². The molecule has 0 saturated heterocycles. The van der Waals surface area contributed by atoms with Gasteiger partial charge in [-0.3, -0.25) is 9.59 Å². The first-order valence-electron chi connectivity index (χ1n) is 5.17. The first-order valence-corrected chi connectivity index (χ1v) is 6.05. The van der Waals surface area contributed by atoms with Gasteiger partial charge >= 0.3 is 5.97 Å². The number of rotatable bonds is 6. The van der Waals surface area contributed by atoms with Gasteiger partial charge in [-0.25, -0.2) is 0 Å². The molecule has 0 saturated carbocycles. The molecule has 0 aliphatic carbocycles. The van der Waals surface area contributed by atoms with E-state index in [1.165, 1.54) is 0 Å². The summed E-state index contributed by atoms with van der Waals surface area (Å²) in [4.78, 5) is 23.4. The summed E-state index contributed by atoms with van der Waals surface area (Å²) in [6.45, 7) is 2.47. The molecule has 0 atom stereocenters. The second-order valence-corrected chi connectivity index (χ2v) is 4.19. The zero-order valence-corrected chi connectivity index (χ0v) is 10.0. The highest BCUT2D eigenvalue weighted by atomic mass is 32.1. The van der Waals surface area contributed by atoms with Crippen LogP contribution in [0.15, 0.2) is 17.5 Å². The van der Waals surface area contributed by atoms with Crippen molar-refractivity contribution in [2.24, 2.45) is 0 Å². The molecule has 0 bridgehead atoms. The third-order valence-electron chi connectivity index (χ3n) is 1.87. The van der Waals surface area contributed by atoms with Crippen molar-refractivity contribution in [1.82, 2.24) is 5.32 Å². The minimum Gasteiger partial charge on any atom is -0.466 e. The molecule has 0 radical (unpaired) electrons. The molecule has 5 heteroatoms. The Morgan fingerprint density at radius 3 is 2.94 bits per heavy atom. The smallest absolute Gasteiger partial charge is 0.307 e. The Balaban J connectivity index is 2.13. The number of esters is 1. The van der Waals surface area contributed by atoms with Crippen molar-refractivity contribution >= 4 is 23.2 Å². The molecule has 88 valence electrons. The highest BCUT2D eigenvalue weighted by molar-refractivity contribution is 7.10. The minimum atomic E-state index is -0.279. The highest BCUT2D eigenvalue weighted by Gasteiger charge is 2.05. The van der Waals surface area contributed by atoms with Crippen molar-refractivity contribution in [2.45, 2.75) is 19.8 Å². The van der Waals surface area contributed by atoms with E-state index in [1.807, 2.05) is 17.5 Å². The Morgan fingerprint density at radius 2 is 2.31 bits per heavy atom. The van der Waals surface area contributed by atoms with Crippen molar-refractivity contribution in [2.75, 3.05) is 13.2 Å². The van der Waals surface area contributed by atoms with Crippen LogP contribution in [-0.2, 0) is 20.7 Å². The zero-order chi connectivity index (χ0) is 11.8. The summed E-state index contributed by atoms with van der Waals surface area (Å²) in [6.07, 6.45) is 0.602. The molecule has 0 aromatic carbocycles. The molecule has 0 unspecified atom stereocenters. The quantitative estimate of drug-likeness (QED) is 0.765. The van der Waals surface area contributed by atoms with Crippen molar-refractivity contribution in [3.8, 4) is 0 Å². The molecule has 0 fully saturated rings. The number of nitrogens with one attached hydrogen (secondary N) is 1. The molecule has 0 spiro atoms. The van der Waals surface area contributed by atoms with Crippen LogP contribution < -0.4 is 5.32 Å². The van der Waals surface area contributed by atoms with Crippen molar-refractivity contribution < 1.29 is 14.3 Å². The van der Waals surface area contributed by atoms with Gasteiger partial charge in [0.05, 0.1) is 19.4 Å². The number of amides is 1. The van der Waals surface area contributed by atoms with Crippen LogP contribution in [0, 0.1) is 0 Å². The number of carbonyl (C=O) groups is 2. The Bertz CT molecular complexity index is 335. The molecule has 0 aliphatic heterocycles. The summed E-state index contributed by atoms with van der Waals surface area (Å²) in [5.41, 5.74) is 0.